The van der Waals surface area contributed by atoms with E-state index in [4.69, 9.17) is 9.47 Å². The smallest absolute Gasteiger partial charge is 0.301 e. The molecule has 1 saturated heterocycles. The van der Waals surface area contributed by atoms with E-state index in [-0.39, 0.29) is 11.3 Å². The summed E-state index contributed by atoms with van der Waals surface area (Å²) in [7, 11) is 3.04. The van der Waals surface area contributed by atoms with Crippen LogP contribution in [0, 0.1) is 6.92 Å². The van der Waals surface area contributed by atoms with Crippen molar-refractivity contribution in [2.45, 2.75) is 13.0 Å². The van der Waals surface area contributed by atoms with E-state index < -0.39 is 17.7 Å². The summed E-state index contributed by atoms with van der Waals surface area (Å²) in [6.45, 7) is 1.93. The van der Waals surface area contributed by atoms with E-state index in [0.717, 1.165) is 15.8 Å². The fourth-order valence-electron chi connectivity index (χ4n) is 4.20. The Bertz CT molecular complexity index is 1460. The van der Waals surface area contributed by atoms with Crippen molar-refractivity contribution >= 4 is 44.1 Å². The summed E-state index contributed by atoms with van der Waals surface area (Å²) in [5.41, 5.74) is 2.75. The van der Waals surface area contributed by atoms with Gasteiger partial charge >= 0.3 is 5.91 Å². The molecule has 4 aromatic rings. The minimum absolute atomic E-state index is 0.00895. The predicted molar refractivity (Wildman–Crippen MR) is 135 cm³/mol. The Morgan fingerprint density at radius 2 is 1.69 bits per heavy atom. The first kappa shape index (κ1) is 22.6. The van der Waals surface area contributed by atoms with Gasteiger partial charge in [-0.3, -0.25) is 14.5 Å². The number of carbonyl (C=O) groups is 2. The van der Waals surface area contributed by atoms with Gasteiger partial charge in [0.15, 0.2) is 16.6 Å². The molecule has 0 bridgehead atoms. The van der Waals surface area contributed by atoms with Crippen molar-refractivity contribution < 1.29 is 24.2 Å². The summed E-state index contributed by atoms with van der Waals surface area (Å²) in [6, 6.07) is 18.9. The molecule has 8 heteroatoms. The van der Waals surface area contributed by atoms with Crippen LogP contribution in [0.25, 0.3) is 16.0 Å². The Kier molecular flexibility index (Phi) is 5.74. The second kappa shape index (κ2) is 8.88. The lowest BCUT2D eigenvalue weighted by Crippen LogP contribution is -2.29. The van der Waals surface area contributed by atoms with Gasteiger partial charge in [0.05, 0.1) is 36.1 Å². The SMILES string of the molecule is COc1ccc(C2C(=C(O)c3ccc(C)cc3)C(=O)C(=O)N2c2nc3ccccc3s2)cc1OC. The number of hydrogen-bond acceptors (Lipinski definition) is 7. The van der Waals surface area contributed by atoms with Crippen molar-refractivity contribution in [2.24, 2.45) is 0 Å². The van der Waals surface area contributed by atoms with Crippen LogP contribution in [0.4, 0.5) is 5.13 Å². The van der Waals surface area contributed by atoms with Gasteiger partial charge < -0.3 is 14.6 Å². The zero-order chi connectivity index (χ0) is 24.7. The highest BCUT2D eigenvalue weighted by molar-refractivity contribution is 7.22. The first-order chi connectivity index (χ1) is 16.9. The molecule has 7 nitrogen and oxygen atoms in total. The molecule has 1 unspecified atom stereocenters. The van der Waals surface area contributed by atoms with E-state index in [1.54, 1.807) is 30.3 Å². The number of anilines is 1. The molecule has 1 N–H and O–H groups in total. The topological polar surface area (TPSA) is 89.0 Å². The number of ether oxygens (including phenoxy) is 2. The second-order valence-electron chi connectivity index (χ2n) is 8.11. The zero-order valence-electron chi connectivity index (χ0n) is 19.3. The number of nitrogens with zero attached hydrogens (tertiary/aromatic N) is 2. The van der Waals surface area contributed by atoms with Crippen LogP contribution in [-0.4, -0.2) is 36.0 Å². The monoisotopic (exact) mass is 486 g/mol. The number of carbonyl (C=O) groups excluding carboxylic acids is 2. The minimum atomic E-state index is -0.906. The van der Waals surface area contributed by atoms with Crippen molar-refractivity contribution in [3.05, 3.63) is 89.0 Å². The summed E-state index contributed by atoms with van der Waals surface area (Å²) in [5, 5.41) is 11.6. The molecule has 3 aromatic carbocycles. The number of benzene rings is 3. The van der Waals surface area contributed by atoms with Crippen LogP contribution in [0.5, 0.6) is 11.5 Å². The Balaban J connectivity index is 1.75. The lowest BCUT2D eigenvalue weighted by atomic mass is 9.95. The fraction of sp³-hybridized carbons (Fsp3) is 0.148. The van der Waals surface area contributed by atoms with E-state index in [0.29, 0.717) is 27.8 Å². The number of para-hydroxylation sites is 1. The molecule has 1 aliphatic heterocycles. The first-order valence-electron chi connectivity index (χ1n) is 10.9. The van der Waals surface area contributed by atoms with Crippen LogP contribution in [0.2, 0.25) is 0 Å². The third-order valence-electron chi connectivity index (χ3n) is 5.98. The van der Waals surface area contributed by atoms with E-state index in [9.17, 15) is 14.7 Å². The van der Waals surface area contributed by atoms with Crippen LogP contribution in [0.15, 0.2) is 72.3 Å². The Labute approximate surface area is 205 Å². The van der Waals surface area contributed by atoms with E-state index in [1.165, 1.54) is 30.5 Å². The van der Waals surface area contributed by atoms with Crippen molar-refractivity contribution in [1.82, 2.24) is 4.98 Å². The van der Waals surface area contributed by atoms with Crippen molar-refractivity contribution in [3.63, 3.8) is 0 Å². The molecule has 0 radical (unpaired) electrons. The molecule has 1 atom stereocenters. The summed E-state index contributed by atoms with van der Waals surface area (Å²) < 4.78 is 11.7. The number of aromatic nitrogens is 1. The molecule has 1 fully saturated rings. The molecule has 1 aromatic heterocycles. The van der Waals surface area contributed by atoms with Crippen molar-refractivity contribution in [3.8, 4) is 11.5 Å². The highest BCUT2D eigenvalue weighted by Crippen LogP contribution is 2.45. The first-order valence-corrected chi connectivity index (χ1v) is 11.7. The highest BCUT2D eigenvalue weighted by atomic mass is 32.1. The lowest BCUT2D eigenvalue weighted by molar-refractivity contribution is -0.132. The van der Waals surface area contributed by atoms with E-state index in [2.05, 4.69) is 4.98 Å². The molecule has 1 amide bonds. The van der Waals surface area contributed by atoms with Gasteiger partial charge in [-0.1, -0.05) is 59.4 Å². The van der Waals surface area contributed by atoms with Crippen molar-refractivity contribution in [2.75, 3.05) is 19.1 Å². The Hall–Kier alpha value is -4.17. The molecule has 176 valence electrons. The number of fused-ring (bicyclic) bond motifs is 1. The Morgan fingerprint density at radius 1 is 0.971 bits per heavy atom. The molecule has 0 aliphatic carbocycles. The molecule has 0 saturated carbocycles. The standard InChI is InChI=1S/C27H22N2O5S/c1-15-8-10-16(11-9-15)24(30)22-23(17-12-13-19(33-2)20(14-17)34-3)29(26(32)25(22)31)27-28-18-6-4-5-7-21(18)35-27/h4-14,23,30H,1-3H3. The Morgan fingerprint density at radius 3 is 2.37 bits per heavy atom. The maximum Gasteiger partial charge on any atom is 0.301 e. The van der Waals surface area contributed by atoms with E-state index >= 15 is 0 Å². The fourth-order valence-corrected chi connectivity index (χ4v) is 5.19. The second-order valence-corrected chi connectivity index (χ2v) is 9.12. The lowest BCUT2D eigenvalue weighted by Gasteiger charge is -2.23. The number of amides is 1. The summed E-state index contributed by atoms with van der Waals surface area (Å²) >= 11 is 1.31. The average Bonchev–Trinajstić information content (AvgIpc) is 3.42. The van der Waals surface area contributed by atoms with Gasteiger partial charge in [-0.25, -0.2) is 4.98 Å². The van der Waals surface area contributed by atoms with Crippen LogP contribution < -0.4 is 14.4 Å². The van der Waals surface area contributed by atoms with Crippen LogP contribution in [-0.2, 0) is 9.59 Å². The number of rotatable bonds is 5. The quantitative estimate of drug-likeness (QED) is 0.236. The van der Waals surface area contributed by atoms with Crippen LogP contribution in [0.3, 0.4) is 0 Å². The minimum Gasteiger partial charge on any atom is -0.507 e. The van der Waals surface area contributed by atoms with Crippen molar-refractivity contribution in [1.29, 1.82) is 0 Å². The van der Waals surface area contributed by atoms with Gasteiger partial charge in [0.25, 0.3) is 5.78 Å². The number of hydrogen-bond donors (Lipinski definition) is 1. The van der Waals surface area contributed by atoms with Crippen LogP contribution >= 0.6 is 11.3 Å². The zero-order valence-corrected chi connectivity index (χ0v) is 20.1. The van der Waals surface area contributed by atoms with Gasteiger partial charge in [-0.2, -0.15) is 0 Å². The highest BCUT2D eigenvalue weighted by Gasteiger charge is 2.48. The normalized spacial score (nSPS) is 17.2. The molecule has 1 aliphatic rings. The average molecular weight is 487 g/mol. The van der Waals surface area contributed by atoms with Gasteiger partial charge in [0.2, 0.25) is 0 Å². The summed E-state index contributed by atoms with van der Waals surface area (Å²) in [5.74, 6) is -0.826. The third-order valence-corrected chi connectivity index (χ3v) is 7.02. The molecule has 0 spiro atoms. The molecule has 35 heavy (non-hydrogen) atoms. The number of aliphatic hydroxyl groups is 1. The molecular weight excluding hydrogens is 464 g/mol. The molecule has 5 rings (SSSR count). The van der Waals surface area contributed by atoms with Crippen LogP contribution in [0.1, 0.15) is 22.7 Å². The van der Waals surface area contributed by atoms with Gasteiger partial charge in [0.1, 0.15) is 5.76 Å². The summed E-state index contributed by atoms with van der Waals surface area (Å²) in [4.78, 5) is 32.7. The maximum absolute atomic E-state index is 13.4. The number of ketones is 1. The number of aryl methyl sites for hydroxylation is 1. The van der Waals surface area contributed by atoms with E-state index in [1.807, 2.05) is 43.3 Å². The number of methoxy groups -OCH3 is 2. The largest absolute Gasteiger partial charge is 0.507 e. The van der Waals surface area contributed by atoms with Gasteiger partial charge in [-0.05, 0) is 36.8 Å². The third kappa shape index (κ3) is 3.81. The number of aliphatic hydroxyl groups excluding tert-OH is 1. The van der Waals surface area contributed by atoms with Gasteiger partial charge in [-0.15, -0.1) is 0 Å². The molecule has 2 heterocycles. The van der Waals surface area contributed by atoms with Gasteiger partial charge in [0, 0.05) is 5.56 Å². The predicted octanol–water partition coefficient (Wildman–Crippen LogP) is 5.25. The number of thiazole rings is 1. The molecular formula is C27H22N2O5S. The number of Topliss-reactive ketones (excluding diaryl/α,β-unsaturated/α-hetero) is 1. The maximum atomic E-state index is 13.4. The summed E-state index contributed by atoms with van der Waals surface area (Å²) in [6.07, 6.45) is 0.